The molecule has 0 saturated carbocycles. The number of sulfone groups is 1. The number of hydrogen-bond donors (Lipinski definition) is 1. The third-order valence-electron chi connectivity index (χ3n) is 9.26. The Hall–Kier alpha value is -4.22. The minimum Gasteiger partial charge on any atom is -0.384 e. The number of rotatable bonds is 12. The van der Waals surface area contributed by atoms with E-state index in [2.05, 4.69) is 150 Å². The summed E-state index contributed by atoms with van der Waals surface area (Å²) in [5, 5.41) is 3.28. The fourth-order valence-electron chi connectivity index (χ4n) is 6.02. The third-order valence-corrected chi connectivity index (χ3v) is 10.2. The van der Waals surface area contributed by atoms with Crippen LogP contribution in [0.1, 0.15) is 93.7 Å². The second-order valence-electron chi connectivity index (χ2n) is 14.4. The van der Waals surface area contributed by atoms with Crippen LogP contribution in [0.4, 0.5) is 0 Å². The Morgan fingerprint density at radius 3 is 2.14 bits per heavy atom. The number of unbranched alkanes of at least 4 members (excludes halogenated alkanes) is 1. The molecular weight excluding hydrogens is 633 g/mol. The molecule has 1 atom stereocenters. The molecule has 0 radical (unpaired) electrons. The third kappa shape index (κ3) is 10.9. The number of hydrogen-bond acceptors (Lipinski definition) is 4. The van der Waals surface area contributed by atoms with Gasteiger partial charge in [-0.25, -0.2) is 8.42 Å². The van der Waals surface area contributed by atoms with Gasteiger partial charge in [-0.1, -0.05) is 145 Å². The average Bonchev–Trinajstić information content (AvgIpc) is 3.59. The first-order valence-corrected chi connectivity index (χ1v) is 20.1. The molecule has 1 aliphatic rings. The minimum absolute atomic E-state index is 0.0871. The molecule has 1 aliphatic heterocycles. The highest BCUT2D eigenvalue weighted by Gasteiger charge is 2.23. The lowest BCUT2D eigenvalue weighted by molar-refractivity contribution is 0.590. The van der Waals surface area contributed by atoms with Crippen LogP contribution < -0.4 is 5.32 Å². The highest BCUT2D eigenvalue weighted by atomic mass is 32.2. The predicted molar refractivity (Wildman–Crippen MR) is 217 cm³/mol. The molecule has 1 heterocycles. The quantitative estimate of drug-likeness (QED) is 0.161. The van der Waals surface area contributed by atoms with Crippen LogP contribution in [0, 0.1) is 6.92 Å². The molecule has 0 saturated heterocycles. The van der Waals surface area contributed by atoms with Gasteiger partial charge in [0.1, 0.15) is 9.84 Å². The molecular formula is C45H56N2O2S. The molecule has 0 bridgehead atoms. The first-order chi connectivity index (χ1) is 23.8. The van der Waals surface area contributed by atoms with Crippen molar-refractivity contribution in [2.24, 2.45) is 4.99 Å². The SMILES string of the molecule is CC=C(NCCS(C)(=O)=O)c1ccc(CC(C2=NCC(c3cccc(-c4ccccc4C)c3)=C2)c2ccc(C(C)(C)C)cc2)cc1.CCCC. The van der Waals surface area contributed by atoms with E-state index in [4.69, 9.17) is 4.99 Å². The number of aryl methyl sites for hydroxylation is 1. The molecule has 1 N–H and O–H groups in total. The van der Waals surface area contributed by atoms with Gasteiger partial charge in [0.15, 0.2) is 0 Å². The van der Waals surface area contributed by atoms with Gasteiger partial charge in [0.05, 0.1) is 12.3 Å². The summed E-state index contributed by atoms with van der Waals surface area (Å²) >= 11 is 0. The number of nitrogens with one attached hydrogen (secondary N) is 1. The summed E-state index contributed by atoms with van der Waals surface area (Å²) in [7, 11) is -3.02. The number of benzene rings is 4. The smallest absolute Gasteiger partial charge is 0.149 e. The summed E-state index contributed by atoms with van der Waals surface area (Å²) in [6.07, 6.45) is 9.02. The van der Waals surface area contributed by atoms with E-state index in [1.165, 1.54) is 63.6 Å². The van der Waals surface area contributed by atoms with Crippen molar-refractivity contribution in [3.05, 3.63) is 143 Å². The zero-order valence-electron chi connectivity index (χ0n) is 31.4. The van der Waals surface area contributed by atoms with Gasteiger partial charge in [0.25, 0.3) is 0 Å². The van der Waals surface area contributed by atoms with Crippen LogP contribution in [-0.4, -0.2) is 39.2 Å². The van der Waals surface area contributed by atoms with Gasteiger partial charge in [-0.15, -0.1) is 0 Å². The highest BCUT2D eigenvalue weighted by Crippen LogP contribution is 2.33. The Morgan fingerprint density at radius 1 is 0.880 bits per heavy atom. The molecule has 0 aliphatic carbocycles. The topological polar surface area (TPSA) is 58.5 Å². The van der Waals surface area contributed by atoms with E-state index >= 15 is 0 Å². The first kappa shape index (κ1) is 38.6. The maximum absolute atomic E-state index is 11.6. The standard InChI is InChI=1S/C41H46N2O2S.C4H10/c1-7-39(42-23-24-46(6,44)45)32-17-15-30(16-18-32)25-38(31-19-21-36(22-20-31)41(3,4)5)40-27-35(28-43-40)33-12-10-13-34(26-33)37-14-9-8-11-29(37)2;1-3-4-2/h7-22,26-27,38,42H,23-25,28H2,1-6H3;3-4H2,1-2H3. The van der Waals surface area contributed by atoms with E-state index in [-0.39, 0.29) is 17.1 Å². The Bertz CT molecular complexity index is 1910. The molecule has 264 valence electrons. The fraction of sp³-hybridized carbons (Fsp3) is 0.356. The van der Waals surface area contributed by atoms with Crippen LogP contribution in [0.5, 0.6) is 0 Å². The molecule has 4 aromatic rings. The lowest BCUT2D eigenvalue weighted by Crippen LogP contribution is -2.21. The summed E-state index contributed by atoms with van der Waals surface area (Å²) < 4.78 is 23.2. The predicted octanol–water partition coefficient (Wildman–Crippen LogP) is 10.6. The lowest BCUT2D eigenvalue weighted by atomic mass is 9.83. The monoisotopic (exact) mass is 688 g/mol. The summed E-state index contributed by atoms with van der Waals surface area (Å²) in [6.45, 7) is 16.3. The number of aliphatic imine (C=N–C) groups is 1. The van der Waals surface area contributed by atoms with Gasteiger partial charge in [0, 0.05) is 30.1 Å². The van der Waals surface area contributed by atoms with Crippen molar-refractivity contribution in [3.63, 3.8) is 0 Å². The maximum Gasteiger partial charge on any atom is 0.149 e. The van der Waals surface area contributed by atoms with Crippen LogP contribution in [0.3, 0.4) is 0 Å². The summed E-state index contributed by atoms with van der Waals surface area (Å²) in [6, 6.07) is 35.0. The van der Waals surface area contributed by atoms with E-state index in [0.29, 0.717) is 13.1 Å². The molecule has 0 spiro atoms. The first-order valence-electron chi connectivity index (χ1n) is 18.0. The highest BCUT2D eigenvalue weighted by molar-refractivity contribution is 7.90. The molecule has 0 aromatic heterocycles. The average molecular weight is 689 g/mol. The van der Waals surface area contributed by atoms with Crippen LogP contribution in [-0.2, 0) is 21.7 Å². The molecule has 4 aromatic carbocycles. The molecule has 50 heavy (non-hydrogen) atoms. The zero-order valence-corrected chi connectivity index (χ0v) is 32.2. The van der Waals surface area contributed by atoms with Gasteiger partial charge in [0.2, 0.25) is 0 Å². The van der Waals surface area contributed by atoms with Gasteiger partial charge >= 0.3 is 0 Å². The normalized spacial score (nSPS) is 14.0. The van der Waals surface area contributed by atoms with E-state index in [1.807, 2.05) is 13.0 Å². The molecule has 0 amide bonds. The van der Waals surface area contributed by atoms with Crippen LogP contribution in [0.15, 0.2) is 114 Å². The molecule has 4 nitrogen and oxygen atoms in total. The summed E-state index contributed by atoms with van der Waals surface area (Å²) in [5.74, 6) is 0.220. The van der Waals surface area contributed by atoms with Crippen molar-refractivity contribution in [1.82, 2.24) is 5.32 Å². The summed E-state index contributed by atoms with van der Waals surface area (Å²) in [5.41, 5.74) is 13.2. The molecule has 5 heteroatoms. The van der Waals surface area contributed by atoms with Crippen LogP contribution in [0.25, 0.3) is 22.4 Å². The second kappa shape index (κ2) is 17.6. The van der Waals surface area contributed by atoms with Gasteiger partial charge in [-0.3, -0.25) is 4.99 Å². The largest absolute Gasteiger partial charge is 0.384 e. The Morgan fingerprint density at radius 2 is 1.54 bits per heavy atom. The number of nitrogens with zero attached hydrogens (tertiary/aromatic N) is 1. The van der Waals surface area contributed by atoms with Crippen molar-refractivity contribution in [2.45, 2.75) is 79.1 Å². The lowest BCUT2D eigenvalue weighted by Gasteiger charge is -2.22. The Balaban J connectivity index is 0.00000133. The van der Waals surface area contributed by atoms with E-state index in [1.54, 1.807) is 0 Å². The maximum atomic E-state index is 11.6. The van der Waals surface area contributed by atoms with E-state index in [0.717, 1.165) is 23.4 Å². The zero-order chi connectivity index (χ0) is 36.3. The minimum atomic E-state index is -3.02. The van der Waals surface area contributed by atoms with Gasteiger partial charge in [-0.05, 0) is 87.9 Å². The molecule has 5 rings (SSSR count). The van der Waals surface area contributed by atoms with E-state index in [9.17, 15) is 8.42 Å². The molecule has 0 fully saturated rings. The Labute approximate surface area is 302 Å². The van der Waals surface area contributed by atoms with Crippen molar-refractivity contribution in [3.8, 4) is 11.1 Å². The Kier molecular flexibility index (Phi) is 13.6. The van der Waals surface area contributed by atoms with Gasteiger partial charge in [-0.2, -0.15) is 0 Å². The second-order valence-corrected chi connectivity index (χ2v) is 16.7. The van der Waals surface area contributed by atoms with E-state index < -0.39 is 9.84 Å². The summed E-state index contributed by atoms with van der Waals surface area (Å²) in [4.78, 5) is 5.13. The van der Waals surface area contributed by atoms with Crippen molar-refractivity contribution in [1.29, 1.82) is 0 Å². The molecule has 1 unspecified atom stereocenters. The van der Waals surface area contributed by atoms with Crippen molar-refractivity contribution in [2.75, 3.05) is 25.1 Å². The van der Waals surface area contributed by atoms with Crippen molar-refractivity contribution < 1.29 is 8.42 Å². The van der Waals surface area contributed by atoms with Crippen molar-refractivity contribution >= 4 is 26.8 Å². The van der Waals surface area contributed by atoms with Crippen LogP contribution >= 0.6 is 0 Å². The number of allylic oxidation sites excluding steroid dienone is 2. The van der Waals surface area contributed by atoms with Crippen LogP contribution in [0.2, 0.25) is 0 Å². The fourth-order valence-corrected chi connectivity index (χ4v) is 6.49. The van der Waals surface area contributed by atoms with Gasteiger partial charge < -0.3 is 5.32 Å².